The highest BCUT2D eigenvalue weighted by molar-refractivity contribution is 5.97. The van der Waals surface area contributed by atoms with E-state index >= 15 is 0 Å². The summed E-state index contributed by atoms with van der Waals surface area (Å²) in [4.78, 5) is 35.9. The molecular formula is C21H29N7O2. The van der Waals surface area contributed by atoms with Crippen molar-refractivity contribution in [2.45, 2.75) is 26.7 Å². The van der Waals surface area contributed by atoms with Gasteiger partial charge in [-0.05, 0) is 30.7 Å². The normalized spacial score (nSPS) is 13.8. The maximum atomic E-state index is 11.6. The van der Waals surface area contributed by atoms with Crippen molar-refractivity contribution >= 4 is 35.0 Å². The third-order valence-corrected chi connectivity index (χ3v) is 5.09. The van der Waals surface area contributed by atoms with Crippen molar-refractivity contribution in [3.8, 4) is 0 Å². The monoisotopic (exact) mass is 411 g/mol. The highest BCUT2D eigenvalue weighted by Gasteiger charge is 2.18. The molecule has 0 spiro atoms. The van der Waals surface area contributed by atoms with Crippen LogP contribution in [0.2, 0.25) is 0 Å². The SMILES string of the molecule is CCCCNc1nc(Nc2ccc(N3CCN(C(C)=O)CC3)cc2)ncc1C(N)=O. The van der Waals surface area contributed by atoms with Crippen LogP contribution in [0.5, 0.6) is 0 Å². The van der Waals surface area contributed by atoms with Gasteiger partial charge in [0, 0.05) is 57.2 Å². The van der Waals surface area contributed by atoms with Crippen LogP contribution < -0.4 is 21.3 Å². The second-order valence-corrected chi connectivity index (χ2v) is 7.27. The second-order valence-electron chi connectivity index (χ2n) is 7.27. The Bertz CT molecular complexity index is 877. The summed E-state index contributed by atoms with van der Waals surface area (Å²) >= 11 is 0. The molecule has 1 aliphatic rings. The molecule has 0 unspecified atom stereocenters. The lowest BCUT2D eigenvalue weighted by molar-refractivity contribution is -0.129. The van der Waals surface area contributed by atoms with Crippen LogP contribution in [0.3, 0.4) is 0 Å². The van der Waals surface area contributed by atoms with Gasteiger partial charge in [0.1, 0.15) is 5.82 Å². The van der Waals surface area contributed by atoms with Crippen molar-refractivity contribution in [3.05, 3.63) is 36.0 Å². The number of carbonyl (C=O) groups excluding carboxylic acids is 2. The molecule has 1 aromatic heterocycles. The molecule has 9 nitrogen and oxygen atoms in total. The van der Waals surface area contributed by atoms with E-state index in [9.17, 15) is 9.59 Å². The Labute approximate surface area is 176 Å². The van der Waals surface area contributed by atoms with Gasteiger partial charge in [0.15, 0.2) is 0 Å². The first-order valence-electron chi connectivity index (χ1n) is 10.3. The lowest BCUT2D eigenvalue weighted by Gasteiger charge is -2.35. The average molecular weight is 412 g/mol. The lowest BCUT2D eigenvalue weighted by atomic mass is 10.2. The number of nitrogens with zero attached hydrogens (tertiary/aromatic N) is 4. The average Bonchev–Trinajstić information content (AvgIpc) is 2.74. The highest BCUT2D eigenvalue weighted by atomic mass is 16.2. The molecule has 1 aliphatic heterocycles. The quantitative estimate of drug-likeness (QED) is 0.570. The Balaban J connectivity index is 1.65. The van der Waals surface area contributed by atoms with Crippen molar-refractivity contribution in [2.24, 2.45) is 5.73 Å². The lowest BCUT2D eigenvalue weighted by Crippen LogP contribution is -2.48. The van der Waals surface area contributed by atoms with E-state index in [1.165, 1.54) is 6.20 Å². The summed E-state index contributed by atoms with van der Waals surface area (Å²) in [5.41, 5.74) is 7.65. The van der Waals surface area contributed by atoms with Gasteiger partial charge in [0.25, 0.3) is 5.91 Å². The number of carbonyl (C=O) groups is 2. The van der Waals surface area contributed by atoms with Gasteiger partial charge < -0.3 is 26.2 Å². The first kappa shape index (κ1) is 21.4. The Kier molecular flexibility index (Phi) is 7.05. The molecule has 30 heavy (non-hydrogen) atoms. The van der Waals surface area contributed by atoms with Crippen LogP contribution in [0.1, 0.15) is 37.0 Å². The molecule has 1 saturated heterocycles. The van der Waals surface area contributed by atoms with E-state index in [4.69, 9.17) is 5.73 Å². The van der Waals surface area contributed by atoms with E-state index in [-0.39, 0.29) is 11.5 Å². The van der Waals surface area contributed by atoms with Crippen LogP contribution in [0.25, 0.3) is 0 Å². The maximum Gasteiger partial charge on any atom is 0.254 e. The molecule has 2 aromatic rings. The number of primary amides is 1. The zero-order valence-electron chi connectivity index (χ0n) is 17.5. The number of rotatable bonds is 8. The van der Waals surface area contributed by atoms with E-state index in [1.807, 2.05) is 29.2 Å². The van der Waals surface area contributed by atoms with Gasteiger partial charge in [0.2, 0.25) is 11.9 Å². The molecule has 0 saturated carbocycles. The van der Waals surface area contributed by atoms with Crippen molar-refractivity contribution < 1.29 is 9.59 Å². The largest absolute Gasteiger partial charge is 0.369 e. The molecule has 1 fully saturated rings. The first-order chi connectivity index (χ1) is 14.5. The molecular weight excluding hydrogens is 382 g/mol. The van der Waals surface area contributed by atoms with Gasteiger partial charge >= 0.3 is 0 Å². The standard InChI is InChI=1S/C21H29N7O2/c1-3-4-9-23-20-18(19(22)30)14-24-21(26-20)25-16-5-7-17(8-6-16)28-12-10-27(11-13-28)15(2)29/h5-8,14H,3-4,9-13H2,1-2H3,(H2,22,30)(H2,23,24,25,26). The zero-order chi connectivity index (χ0) is 21.5. The van der Waals surface area contributed by atoms with Crippen molar-refractivity contribution in [1.29, 1.82) is 0 Å². The van der Waals surface area contributed by atoms with Crippen LogP contribution >= 0.6 is 0 Å². The van der Waals surface area contributed by atoms with Gasteiger partial charge in [-0.15, -0.1) is 0 Å². The fourth-order valence-corrected chi connectivity index (χ4v) is 3.30. The fraction of sp³-hybridized carbons (Fsp3) is 0.429. The van der Waals surface area contributed by atoms with Gasteiger partial charge in [0.05, 0.1) is 5.56 Å². The van der Waals surface area contributed by atoms with E-state index in [1.54, 1.807) is 6.92 Å². The fourth-order valence-electron chi connectivity index (χ4n) is 3.30. The van der Waals surface area contributed by atoms with Gasteiger partial charge in [-0.3, -0.25) is 9.59 Å². The van der Waals surface area contributed by atoms with Crippen LogP contribution in [0, 0.1) is 0 Å². The number of benzene rings is 1. The van der Waals surface area contributed by atoms with E-state index in [2.05, 4.69) is 32.4 Å². The van der Waals surface area contributed by atoms with Crippen LogP contribution in [0.4, 0.5) is 23.1 Å². The Morgan fingerprint density at radius 3 is 2.43 bits per heavy atom. The molecule has 3 rings (SSSR count). The number of hydrogen-bond acceptors (Lipinski definition) is 7. The van der Waals surface area contributed by atoms with Crippen LogP contribution in [-0.2, 0) is 4.79 Å². The maximum absolute atomic E-state index is 11.6. The third kappa shape index (κ3) is 5.37. The summed E-state index contributed by atoms with van der Waals surface area (Å²) in [7, 11) is 0. The summed E-state index contributed by atoms with van der Waals surface area (Å²) in [5, 5.41) is 6.33. The summed E-state index contributed by atoms with van der Waals surface area (Å²) < 4.78 is 0. The van der Waals surface area contributed by atoms with Crippen LogP contribution in [-0.4, -0.2) is 59.4 Å². The molecule has 9 heteroatoms. The van der Waals surface area contributed by atoms with Gasteiger partial charge in [-0.25, -0.2) is 4.98 Å². The summed E-state index contributed by atoms with van der Waals surface area (Å²) in [6.45, 7) is 7.52. The molecule has 2 amide bonds. The number of piperazine rings is 1. The molecule has 1 aromatic carbocycles. The Morgan fingerprint density at radius 1 is 1.13 bits per heavy atom. The smallest absolute Gasteiger partial charge is 0.254 e. The van der Waals surface area contributed by atoms with Crippen molar-refractivity contribution in [3.63, 3.8) is 0 Å². The third-order valence-electron chi connectivity index (χ3n) is 5.09. The topological polar surface area (TPSA) is 116 Å². The van der Waals surface area contributed by atoms with E-state index < -0.39 is 5.91 Å². The second kappa shape index (κ2) is 9.91. The highest BCUT2D eigenvalue weighted by Crippen LogP contribution is 2.22. The first-order valence-corrected chi connectivity index (χ1v) is 10.3. The Morgan fingerprint density at radius 2 is 1.83 bits per heavy atom. The molecule has 0 bridgehead atoms. The van der Waals surface area contributed by atoms with E-state index in [0.29, 0.717) is 18.3 Å². The summed E-state index contributed by atoms with van der Waals surface area (Å²) in [5.74, 6) is 0.394. The summed E-state index contributed by atoms with van der Waals surface area (Å²) in [6, 6.07) is 7.98. The number of anilines is 4. The number of unbranched alkanes of at least 4 members (excludes halogenated alkanes) is 1. The molecule has 160 valence electrons. The molecule has 0 radical (unpaired) electrons. The minimum Gasteiger partial charge on any atom is -0.369 e. The number of nitrogens with one attached hydrogen (secondary N) is 2. The predicted octanol–water partition coefficient (Wildman–Crippen LogP) is 2.20. The number of aromatic nitrogens is 2. The number of nitrogens with two attached hydrogens (primary N) is 1. The predicted molar refractivity (Wildman–Crippen MR) is 118 cm³/mol. The summed E-state index contributed by atoms with van der Waals surface area (Å²) in [6.07, 6.45) is 3.44. The van der Waals surface area contributed by atoms with Crippen molar-refractivity contribution in [2.75, 3.05) is 48.3 Å². The van der Waals surface area contributed by atoms with E-state index in [0.717, 1.165) is 50.4 Å². The Hall–Kier alpha value is -3.36. The minimum atomic E-state index is -0.560. The van der Waals surface area contributed by atoms with Crippen LogP contribution in [0.15, 0.2) is 30.5 Å². The molecule has 0 aliphatic carbocycles. The van der Waals surface area contributed by atoms with Gasteiger partial charge in [-0.2, -0.15) is 4.98 Å². The zero-order valence-corrected chi connectivity index (χ0v) is 17.5. The molecule has 0 atom stereocenters. The number of hydrogen-bond donors (Lipinski definition) is 3. The van der Waals surface area contributed by atoms with Gasteiger partial charge in [-0.1, -0.05) is 13.3 Å². The minimum absolute atomic E-state index is 0.125. The molecule has 2 heterocycles. The molecule has 4 N–H and O–H groups in total. The van der Waals surface area contributed by atoms with Crippen molar-refractivity contribution in [1.82, 2.24) is 14.9 Å². The number of amides is 2.